The van der Waals surface area contributed by atoms with Gasteiger partial charge in [-0.05, 0) is 33.1 Å². The van der Waals surface area contributed by atoms with E-state index in [0.717, 1.165) is 12.1 Å². The Bertz CT molecular complexity index is 887. The van der Waals surface area contributed by atoms with Gasteiger partial charge in [-0.25, -0.2) is 13.8 Å². The fourth-order valence-corrected chi connectivity index (χ4v) is 3.16. The van der Waals surface area contributed by atoms with Crippen LogP contribution in [0.25, 0.3) is 11.0 Å². The summed E-state index contributed by atoms with van der Waals surface area (Å²) in [6.07, 6.45) is 2.10. The molecule has 0 spiro atoms. The SMILES string of the molecule is CC(C)C(C(=O)N(C)CCCC(=O)OC(C)(C)C)n1cnc2cc(F)c(F)cc21. The highest BCUT2D eigenvalue weighted by molar-refractivity contribution is 5.84. The molecule has 2 rings (SSSR count). The highest BCUT2D eigenvalue weighted by Gasteiger charge is 2.29. The Labute approximate surface area is 169 Å². The molecule has 0 radical (unpaired) electrons. The molecule has 0 saturated heterocycles. The molecule has 0 aliphatic rings. The van der Waals surface area contributed by atoms with Crippen molar-refractivity contribution in [2.45, 2.75) is 59.1 Å². The fraction of sp³-hybridized carbons (Fsp3) is 0.571. The summed E-state index contributed by atoms with van der Waals surface area (Å²) in [5, 5.41) is 0. The lowest BCUT2D eigenvalue weighted by atomic mass is 10.0. The smallest absolute Gasteiger partial charge is 0.306 e. The number of carbonyl (C=O) groups is 2. The summed E-state index contributed by atoms with van der Waals surface area (Å²) >= 11 is 0. The molecular formula is C21H29F2N3O3. The molecule has 0 N–H and O–H groups in total. The van der Waals surface area contributed by atoms with Crippen LogP contribution in [0.3, 0.4) is 0 Å². The van der Waals surface area contributed by atoms with E-state index >= 15 is 0 Å². The van der Waals surface area contributed by atoms with Crippen molar-refractivity contribution in [1.82, 2.24) is 14.5 Å². The molecule has 0 fully saturated rings. The molecule has 1 aromatic carbocycles. The minimum atomic E-state index is -0.986. The molecule has 29 heavy (non-hydrogen) atoms. The van der Waals surface area contributed by atoms with E-state index in [9.17, 15) is 18.4 Å². The van der Waals surface area contributed by atoms with E-state index in [4.69, 9.17) is 4.74 Å². The summed E-state index contributed by atoms with van der Waals surface area (Å²) in [5.74, 6) is -2.57. The van der Waals surface area contributed by atoms with Gasteiger partial charge in [-0.15, -0.1) is 0 Å². The van der Waals surface area contributed by atoms with E-state index in [1.165, 1.54) is 6.33 Å². The highest BCUT2D eigenvalue weighted by Crippen LogP contribution is 2.27. The zero-order valence-electron chi connectivity index (χ0n) is 17.8. The van der Waals surface area contributed by atoms with Gasteiger partial charge in [0.2, 0.25) is 5.91 Å². The van der Waals surface area contributed by atoms with Crippen LogP contribution in [0.4, 0.5) is 8.78 Å². The molecular weight excluding hydrogens is 380 g/mol. The first-order valence-electron chi connectivity index (χ1n) is 9.69. The van der Waals surface area contributed by atoms with Crippen molar-refractivity contribution in [1.29, 1.82) is 0 Å². The lowest BCUT2D eigenvalue weighted by Crippen LogP contribution is -2.37. The number of benzene rings is 1. The molecule has 6 nitrogen and oxygen atoms in total. The topological polar surface area (TPSA) is 64.4 Å². The summed E-state index contributed by atoms with van der Waals surface area (Å²) < 4.78 is 34.1. The zero-order valence-corrected chi connectivity index (χ0v) is 17.8. The second kappa shape index (κ2) is 8.88. The molecule has 2 aromatic rings. The fourth-order valence-electron chi connectivity index (χ4n) is 3.16. The van der Waals surface area contributed by atoms with Gasteiger partial charge in [-0.3, -0.25) is 9.59 Å². The summed E-state index contributed by atoms with van der Waals surface area (Å²) in [6, 6.07) is 1.45. The third-order valence-electron chi connectivity index (χ3n) is 4.47. The average molecular weight is 409 g/mol. The number of amides is 1. The third kappa shape index (κ3) is 5.74. The van der Waals surface area contributed by atoms with Gasteiger partial charge in [-0.2, -0.15) is 0 Å². The van der Waals surface area contributed by atoms with Gasteiger partial charge in [0.1, 0.15) is 11.6 Å². The van der Waals surface area contributed by atoms with Crippen molar-refractivity contribution in [2.75, 3.05) is 13.6 Å². The van der Waals surface area contributed by atoms with Gasteiger partial charge >= 0.3 is 5.97 Å². The van der Waals surface area contributed by atoms with Crippen molar-refractivity contribution in [2.24, 2.45) is 5.92 Å². The molecule has 0 aliphatic heterocycles. The Kier molecular flexibility index (Phi) is 6.97. The molecule has 1 heterocycles. The van der Waals surface area contributed by atoms with Crippen LogP contribution in [-0.2, 0) is 14.3 Å². The third-order valence-corrected chi connectivity index (χ3v) is 4.47. The van der Waals surface area contributed by atoms with Crippen LogP contribution in [0.2, 0.25) is 0 Å². The van der Waals surface area contributed by atoms with Gasteiger partial charge in [0.25, 0.3) is 0 Å². The number of nitrogens with zero attached hydrogens (tertiary/aromatic N) is 3. The Hall–Kier alpha value is -2.51. The van der Waals surface area contributed by atoms with Gasteiger partial charge < -0.3 is 14.2 Å². The number of carbonyl (C=O) groups excluding carboxylic acids is 2. The van der Waals surface area contributed by atoms with Crippen LogP contribution < -0.4 is 0 Å². The molecule has 1 amide bonds. The zero-order chi connectivity index (χ0) is 21.9. The molecule has 0 bridgehead atoms. The standard InChI is InChI=1S/C21H29F2N3O3/c1-13(2)19(26-12-24-16-10-14(22)15(23)11-17(16)26)20(28)25(6)9-7-8-18(27)29-21(3,4)5/h10-13,19H,7-9H2,1-6H3. The number of imidazole rings is 1. The monoisotopic (exact) mass is 409 g/mol. The maximum absolute atomic E-state index is 13.7. The highest BCUT2D eigenvalue weighted by atomic mass is 19.2. The van der Waals surface area contributed by atoms with Crippen LogP contribution in [0, 0.1) is 17.6 Å². The maximum Gasteiger partial charge on any atom is 0.306 e. The number of hydrogen-bond acceptors (Lipinski definition) is 4. The number of rotatable bonds is 7. The Morgan fingerprint density at radius 1 is 1.21 bits per heavy atom. The number of ether oxygens (including phenoxy) is 1. The largest absolute Gasteiger partial charge is 0.460 e. The van der Waals surface area contributed by atoms with Crippen LogP contribution >= 0.6 is 0 Å². The van der Waals surface area contributed by atoms with Crippen molar-refractivity contribution in [3.63, 3.8) is 0 Å². The van der Waals surface area contributed by atoms with E-state index in [1.807, 2.05) is 13.8 Å². The molecule has 0 aliphatic carbocycles. The van der Waals surface area contributed by atoms with Gasteiger partial charge in [-0.1, -0.05) is 13.8 Å². The number of fused-ring (bicyclic) bond motifs is 1. The molecule has 1 atom stereocenters. The summed E-state index contributed by atoms with van der Waals surface area (Å²) in [4.78, 5) is 30.6. The molecule has 160 valence electrons. The molecule has 8 heteroatoms. The number of aromatic nitrogens is 2. The second-order valence-corrected chi connectivity index (χ2v) is 8.55. The average Bonchev–Trinajstić information content (AvgIpc) is 2.95. The van der Waals surface area contributed by atoms with Crippen LogP contribution in [0.15, 0.2) is 18.5 Å². The lowest BCUT2D eigenvalue weighted by molar-refractivity contribution is -0.155. The van der Waals surface area contributed by atoms with E-state index in [-0.39, 0.29) is 29.7 Å². The minimum absolute atomic E-state index is 0.110. The summed E-state index contributed by atoms with van der Waals surface area (Å²) in [6.45, 7) is 9.54. The minimum Gasteiger partial charge on any atom is -0.460 e. The van der Waals surface area contributed by atoms with E-state index in [2.05, 4.69) is 4.98 Å². The second-order valence-electron chi connectivity index (χ2n) is 8.55. The maximum atomic E-state index is 13.7. The Morgan fingerprint density at radius 2 is 1.83 bits per heavy atom. The first-order valence-corrected chi connectivity index (χ1v) is 9.69. The van der Waals surface area contributed by atoms with Gasteiger partial charge in [0.15, 0.2) is 11.6 Å². The van der Waals surface area contributed by atoms with Crippen molar-refractivity contribution >= 4 is 22.9 Å². The first kappa shape index (κ1) is 22.8. The van der Waals surface area contributed by atoms with Crippen LogP contribution in [0.5, 0.6) is 0 Å². The van der Waals surface area contributed by atoms with E-state index in [1.54, 1.807) is 37.3 Å². The quantitative estimate of drug-likeness (QED) is 0.646. The molecule has 1 unspecified atom stereocenters. The molecule has 1 aromatic heterocycles. The Morgan fingerprint density at radius 3 is 2.41 bits per heavy atom. The number of likely N-dealkylation sites (N-methyl/N-ethyl adjacent to an activating group) is 1. The van der Waals surface area contributed by atoms with Crippen LogP contribution in [-0.4, -0.2) is 45.5 Å². The lowest BCUT2D eigenvalue weighted by Gasteiger charge is -2.28. The summed E-state index contributed by atoms with van der Waals surface area (Å²) in [7, 11) is 1.66. The van der Waals surface area contributed by atoms with Crippen molar-refractivity contribution < 1.29 is 23.1 Å². The number of hydrogen-bond donors (Lipinski definition) is 0. The van der Waals surface area contributed by atoms with Gasteiger partial charge in [0.05, 0.1) is 17.4 Å². The number of halogens is 2. The van der Waals surface area contributed by atoms with Gasteiger partial charge in [0, 0.05) is 32.1 Å². The van der Waals surface area contributed by atoms with Crippen molar-refractivity contribution in [3.05, 3.63) is 30.1 Å². The van der Waals surface area contributed by atoms with Crippen LogP contribution in [0.1, 0.15) is 53.5 Å². The van der Waals surface area contributed by atoms with Crippen molar-refractivity contribution in [3.8, 4) is 0 Å². The predicted molar refractivity (Wildman–Crippen MR) is 106 cm³/mol. The summed E-state index contributed by atoms with van der Waals surface area (Å²) in [5.41, 5.74) is 0.103. The number of esters is 1. The predicted octanol–water partition coefficient (Wildman–Crippen LogP) is 4.09. The molecule has 0 saturated carbocycles. The van der Waals surface area contributed by atoms with E-state index < -0.39 is 23.3 Å². The van der Waals surface area contributed by atoms with E-state index in [0.29, 0.717) is 18.5 Å². The first-order chi connectivity index (χ1) is 13.4. The normalized spacial score (nSPS) is 13.0. The Balaban J connectivity index is 2.12.